The van der Waals surface area contributed by atoms with E-state index in [0.29, 0.717) is 0 Å². The SMILES string of the molecule is C=Cc1nccn1CCc1ccccc1.Cl. The predicted molar refractivity (Wildman–Crippen MR) is 69.7 cm³/mol. The minimum absolute atomic E-state index is 0. The van der Waals surface area contributed by atoms with E-state index in [1.54, 1.807) is 6.08 Å². The van der Waals surface area contributed by atoms with Crippen LogP contribution in [0.3, 0.4) is 0 Å². The van der Waals surface area contributed by atoms with Gasteiger partial charge in [-0.2, -0.15) is 0 Å². The molecule has 16 heavy (non-hydrogen) atoms. The Morgan fingerprint density at radius 3 is 2.69 bits per heavy atom. The number of hydrogen-bond acceptors (Lipinski definition) is 1. The fraction of sp³-hybridized carbons (Fsp3) is 0.154. The van der Waals surface area contributed by atoms with Gasteiger partial charge in [0.1, 0.15) is 5.82 Å². The summed E-state index contributed by atoms with van der Waals surface area (Å²) in [6.45, 7) is 4.69. The van der Waals surface area contributed by atoms with E-state index in [0.717, 1.165) is 18.8 Å². The quantitative estimate of drug-likeness (QED) is 0.795. The van der Waals surface area contributed by atoms with E-state index < -0.39 is 0 Å². The normalized spacial score (nSPS) is 9.50. The van der Waals surface area contributed by atoms with Crippen molar-refractivity contribution < 1.29 is 0 Å². The van der Waals surface area contributed by atoms with E-state index in [1.807, 2.05) is 18.5 Å². The number of aryl methyl sites for hydroxylation is 2. The van der Waals surface area contributed by atoms with Crippen LogP contribution in [0.25, 0.3) is 6.08 Å². The zero-order chi connectivity index (χ0) is 10.5. The Bertz CT molecular complexity index is 434. The zero-order valence-corrected chi connectivity index (χ0v) is 9.86. The Kier molecular flexibility index (Phi) is 4.80. The van der Waals surface area contributed by atoms with Crippen LogP contribution in [-0.4, -0.2) is 9.55 Å². The van der Waals surface area contributed by atoms with Crippen LogP contribution in [0.4, 0.5) is 0 Å². The molecule has 2 aromatic rings. The highest BCUT2D eigenvalue weighted by Gasteiger charge is 1.98. The summed E-state index contributed by atoms with van der Waals surface area (Å²) >= 11 is 0. The molecule has 0 unspecified atom stereocenters. The van der Waals surface area contributed by atoms with Crippen molar-refractivity contribution in [1.82, 2.24) is 9.55 Å². The highest BCUT2D eigenvalue weighted by Crippen LogP contribution is 2.04. The molecule has 0 spiro atoms. The lowest BCUT2D eigenvalue weighted by molar-refractivity contribution is 0.689. The van der Waals surface area contributed by atoms with E-state index in [-0.39, 0.29) is 12.4 Å². The maximum atomic E-state index is 4.19. The van der Waals surface area contributed by atoms with Gasteiger partial charge in [-0.15, -0.1) is 12.4 Å². The molecule has 1 heterocycles. The molecule has 0 atom stereocenters. The molecule has 84 valence electrons. The molecule has 0 N–H and O–H groups in total. The van der Waals surface area contributed by atoms with Crippen LogP contribution in [0, 0.1) is 0 Å². The van der Waals surface area contributed by atoms with Gasteiger partial charge in [0.25, 0.3) is 0 Å². The predicted octanol–water partition coefficient (Wildman–Crippen LogP) is 3.19. The third-order valence-corrected chi connectivity index (χ3v) is 2.41. The van der Waals surface area contributed by atoms with E-state index in [1.165, 1.54) is 5.56 Å². The third kappa shape index (κ3) is 2.97. The van der Waals surface area contributed by atoms with Gasteiger partial charge in [0.2, 0.25) is 0 Å². The molecule has 3 heteroatoms. The second-order valence-corrected chi connectivity index (χ2v) is 3.42. The molecule has 0 bridgehead atoms. The third-order valence-electron chi connectivity index (χ3n) is 2.41. The van der Waals surface area contributed by atoms with Gasteiger partial charge >= 0.3 is 0 Å². The molecule has 0 aliphatic rings. The minimum atomic E-state index is 0. The molecule has 0 saturated heterocycles. The molecule has 0 amide bonds. The van der Waals surface area contributed by atoms with Crippen LogP contribution in [-0.2, 0) is 13.0 Å². The first kappa shape index (κ1) is 12.5. The van der Waals surface area contributed by atoms with E-state index >= 15 is 0 Å². The number of imidazole rings is 1. The van der Waals surface area contributed by atoms with E-state index in [2.05, 4.69) is 40.4 Å². The zero-order valence-electron chi connectivity index (χ0n) is 9.04. The minimum Gasteiger partial charge on any atom is -0.331 e. The Balaban J connectivity index is 0.00000128. The maximum Gasteiger partial charge on any atom is 0.131 e. The number of nitrogens with zero attached hydrogens (tertiary/aromatic N) is 2. The highest BCUT2D eigenvalue weighted by molar-refractivity contribution is 5.85. The van der Waals surface area contributed by atoms with Crippen molar-refractivity contribution >= 4 is 18.5 Å². The lowest BCUT2D eigenvalue weighted by atomic mass is 10.1. The number of aromatic nitrogens is 2. The van der Waals surface area contributed by atoms with Crippen molar-refractivity contribution in [3.8, 4) is 0 Å². The molecule has 0 aliphatic heterocycles. The summed E-state index contributed by atoms with van der Waals surface area (Å²) in [6.07, 6.45) is 6.60. The average Bonchev–Trinajstić information content (AvgIpc) is 2.75. The van der Waals surface area contributed by atoms with Crippen LogP contribution >= 0.6 is 12.4 Å². The van der Waals surface area contributed by atoms with Gasteiger partial charge in [-0.3, -0.25) is 0 Å². The van der Waals surface area contributed by atoms with Crippen molar-refractivity contribution in [2.75, 3.05) is 0 Å². The second kappa shape index (κ2) is 6.13. The highest BCUT2D eigenvalue weighted by atomic mass is 35.5. The Labute approximate surface area is 102 Å². The summed E-state index contributed by atoms with van der Waals surface area (Å²) in [5.41, 5.74) is 1.35. The van der Waals surface area contributed by atoms with Gasteiger partial charge in [0.15, 0.2) is 0 Å². The molecule has 0 saturated carbocycles. The number of benzene rings is 1. The molecular weight excluding hydrogens is 220 g/mol. The fourth-order valence-corrected chi connectivity index (χ4v) is 1.59. The molecule has 1 aromatic heterocycles. The van der Waals surface area contributed by atoms with Crippen molar-refractivity contribution in [1.29, 1.82) is 0 Å². The average molecular weight is 235 g/mol. The summed E-state index contributed by atoms with van der Waals surface area (Å²) in [6, 6.07) is 10.5. The lowest BCUT2D eigenvalue weighted by Gasteiger charge is -2.04. The number of halogens is 1. The summed E-state index contributed by atoms with van der Waals surface area (Å²) < 4.78 is 2.11. The van der Waals surface area contributed by atoms with Gasteiger partial charge in [-0.25, -0.2) is 4.98 Å². The van der Waals surface area contributed by atoms with E-state index in [9.17, 15) is 0 Å². The maximum absolute atomic E-state index is 4.19. The molecule has 0 fully saturated rings. The molecule has 0 aliphatic carbocycles. The first-order valence-electron chi connectivity index (χ1n) is 5.07. The van der Waals surface area contributed by atoms with Crippen LogP contribution in [0.1, 0.15) is 11.4 Å². The standard InChI is InChI=1S/C13H14N2.ClH/c1-2-13-14-9-11-15(13)10-8-12-6-4-3-5-7-12;/h2-7,9,11H,1,8,10H2;1H. The van der Waals surface area contributed by atoms with Gasteiger partial charge in [0.05, 0.1) is 0 Å². The molecule has 2 rings (SSSR count). The first-order chi connectivity index (χ1) is 7.40. The molecular formula is C13H15ClN2. The van der Waals surface area contributed by atoms with Gasteiger partial charge in [-0.05, 0) is 18.1 Å². The second-order valence-electron chi connectivity index (χ2n) is 3.42. The Morgan fingerprint density at radius 2 is 2.00 bits per heavy atom. The summed E-state index contributed by atoms with van der Waals surface area (Å²) in [5, 5.41) is 0. The Morgan fingerprint density at radius 1 is 1.25 bits per heavy atom. The van der Waals surface area contributed by atoms with Gasteiger partial charge < -0.3 is 4.57 Å². The lowest BCUT2D eigenvalue weighted by Crippen LogP contribution is -2.02. The summed E-state index contributed by atoms with van der Waals surface area (Å²) in [7, 11) is 0. The van der Waals surface area contributed by atoms with Crippen molar-refractivity contribution in [2.24, 2.45) is 0 Å². The van der Waals surface area contributed by atoms with Crippen molar-refractivity contribution in [3.63, 3.8) is 0 Å². The summed E-state index contributed by atoms with van der Waals surface area (Å²) in [4.78, 5) is 4.19. The van der Waals surface area contributed by atoms with Gasteiger partial charge in [-0.1, -0.05) is 36.9 Å². The number of hydrogen-bond donors (Lipinski definition) is 0. The summed E-state index contributed by atoms with van der Waals surface area (Å²) in [5.74, 6) is 0.936. The van der Waals surface area contributed by atoms with Crippen LogP contribution in [0.5, 0.6) is 0 Å². The largest absolute Gasteiger partial charge is 0.331 e. The Hall–Kier alpha value is -1.54. The smallest absolute Gasteiger partial charge is 0.131 e. The molecule has 2 nitrogen and oxygen atoms in total. The monoisotopic (exact) mass is 234 g/mol. The van der Waals surface area contributed by atoms with E-state index in [4.69, 9.17) is 0 Å². The van der Waals surface area contributed by atoms with Crippen molar-refractivity contribution in [2.45, 2.75) is 13.0 Å². The topological polar surface area (TPSA) is 17.8 Å². The number of rotatable bonds is 4. The van der Waals surface area contributed by atoms with Crippen LogP contribution < -0.4 is 0 Å². The molecule has 0 radical (unpaired) electrons. The molecule has 1 aromatic carbocycles. The van der Waals surface area contributed by atoms with Crippen molar-refractivity contribution in [3.05, 3.63) is 60.7 Å². The van der Waals surface area contributed by atoms with Crippen LogP contribution in [0.15, 0.2) is 49.3 Å². The fourth-order valence-electron chi connectivity index (χ4n) is 1.59. The van der Waals surface area contributed by atoms with Gasteiger partial charge in [0, 0.05) is 18.9 Å². The first-order valence-corrected chi connectivity index (χ1v) is 5.07. The van der Waals surface area contributed by atoms with Crippen LogP contribution in [0.2, 0.25) is 0 Å².